The third kappa shape index (κ3) is 1.61. The number of hydrogen-bond donors (Lipinski definition) is 0. The van der Waals surface area contributed by atoms with Gasteiger partial charge in [-0.2, -0.15) is 4.58 Å². The summed E-state index contributed by atoms with van der Waals surface area (Å²) in [6.45, 7) is 6.91. The molecule has 2 aliphatic heterocycles. The highest BCUT2D eigenvalue weighted by molar-refractivity contribution is 7.85. The Hall–Kier alpha value is -1.20. The lowest BCUT2D eigenvalue weighted by Gasteiger charge is -2.21. The average Bonchev–Trinajstić information content (AvgIpc) is 2.52. The maximum atomic E-state index is 11.5. The van der Waals surface area contributed by atoms with Crippen molar-refractivity contribution in [3.63, 3.8) is 0 Å². The minimum Gasteiger partial charge on any atom is -0.744 e. The monoisotopic (exact) mass is 279 g/mol. The van der Waals surface area contributed by atoms with Crippen molar-refractivity contribution in [1.29, 1.82) is 0 Å². The molecule has 2 heterocycles. The van der Waals surface area contributed by atoms with Crippen LogP contribution in [0.1, 0.15) is 38.3 Å². The SMILES string of the molecule is CC1=[N+]2CCCc3ccc(S(=O)(=O)[O-])c(c32)C1(C)C. The summed E-state index contributed by atoms with van der Waals surface area (Å²) in [5, 5.41) is 0. The highest BCUT2D eigenvalue weighted by Crippen LogP contribution is 2.46. The van der Waals surface area contributed by atoms with Crippen molar-refractivity contribution >= 4 is 21.5 Å². The molecule has 5 heteroatoms. The summed E-state index contributed by atoms with van der Waals surface area (Å²) in [5.41, 5.74) is 3.53. The molecule has 19 heavy (non-hydrogen) atoms. The Morgan fingerprint density at radius 2 is 2.00 bits per heavy atom. The Labute approximate surface area is 113 Å². The van der Waals surface area contributed by atoms with Crippen molar-refractivity contribution < 1.29 is 17.5 Å². The molecule has 0 atom stereocenters. The van der Waals surface area contributed by atoms with Gasteiger partial charge < -0.3 is 4.55 Å². The van der Waals surface area contributed by atoms with Crippen LogP contribution in [0.25, 0.3) is 0 Å². The summed E-state index contributed by atoms with van der Waals surface area (Å²) in [7, 11) is -4.44. The molecule has 0 unspecified atom stereocenters. The molecule has 0 radical (unpaired) electrons. The van der Waals surface area contributed by atoms with Crippen LogP contribution < -0.4 is 0 Å². The lowest BCUT2D eigenvalue weighted by Crippen LogP contribution is -2.28. The molecule has 0 fully saturated rings. The molecule has 1 aromatic rings. The predicted molar refractivity (Wildman–Crippen MR) is 71.2 cm³/mol. The van der Waals surface area contributed by atoms with E-state index in [0.717, 1.165) is 36.3 Å². The number of benzene rings is 1. The molecule has 0 saturated heterocycles. The number of nitrogens with zero attached hydrogens (tertiary/aromatic N) is 1. The summed E-state index contributed by atoms with van der Waals surface area (Å²) in [4.78, 5) is -0.0556. The van der Waals surface area contributed by atoms with Crippen LogP contribution in [0.3, 0.4) is 0 Å². The zero-order valence-electron chi connectivity index (χ0n) is 11.4. The quantitative estimate of drug-likeness (QED) is 0.583. The highest BCUT2D eigenvalue weighted by atomic mass is 32.2. The Balaban J connectivity index is 2.45. The third-order valence-electron chi connectivity index (χ3n) is 4.52. The van der Waals surface area contributed by atoms with Gasteiger partial charge in [-0.1, -0.05) is 6.07 Å². The highest BCUT2D eigenvalue weighted by Gasteiger charge is 2.47. The van der Waals surface area contributed by atoms with Crippen LogP contribution in [0.4, 0.5) is 5.69 Å². The molecule has 0 saturated carbocycles. The van der Waals surface area contributed by atoms with Gasteiger partial charge in [-0.05, 0) is 26.3 Å². The molecule has 0 aromatic heterocycles. The topological polar surface area (TPSA) is 60.2 Å². The summed E-state index contributed by atoms with van der Waals surface area (Å²) in [5.74, 6) is 0. The first kappa shape index (κ1) is 12.8. The van der Waals surface area contributed by atoms with Crippen molar-refractivity contribution in [2.24, 2.45) is 0 Å². The van der Waals surface area contributed by atoms with Crippen LogP contribution in [0, 0.1) is 0 Å². The van der Waals surface area contributed by atoms with Gasteiger partial charge in [0.15, 0.2) is 5.71 Å². The maximum absolute atomic E-state index is 11.5. The Kier molecular flexibility index (Phi) is 2.48. The van der Waals surface area contributed by atoms with E-state index in [4.69, 9.17) is 0 Å². The number of rotatable bonds is 1. The van der Waals surface area contributed by atoms with Crippen molar-refractivity contribution in [3.05, 3.63) is 23.3 Å². The smallest absolute Gasteiger partial charge is 0.213 e. The molecule has 1 aromatic carbocycles. The second kappa shape index (κ2) is 3.67. The van der Waals surface area contributed by atoms with E-state index in [1.807, 2.05) is 20.8 Å². The van der Waals surface area contributed by atoms with E-state index in [-0.39, 0.29) is 4.90 Å². The van der Waals surface area contributed by atoms with Gasteiger partial charge in [0.2, 0.25) is 5.69 Å². The van der Waals surface area contributed by atoms with Gasteiger partial charge in [0.25, 0.3) is 0 Å². The first-order valence-corrected chi connectivity index (χ1v) is 7.89. The van der Waals surface area contributed by atoms with E-state index in [1.54, 1.807) is 6.07 Å². The molecule has 4 nitrogen and oxygen atoms in total. The van der Waals surface area contributed by atoms with Crippen molar-refractivity contribution in [2.75, 3.05) is 6.54 Å². The molecule has 0 bridgehead atoms. The molecule has 0 amide bonds. The minimum atomic E-state index is -4.44. The lowest BCUT2D eigenvalue weighted by molar-refractivity contribution is -0.444. The van der Waals surface area contributed by atoms with Gasteiger partial charge in [-0.3, -0.25) is 0 Å². The first-order valence-electron chi connectivity index (χ1n) is 6.48. The number of hydrogen-bond acceptors (Lipinski definition) is 3. The average molecular weight is 279 g/mol. The second-order valence-corrected chi connectivity index (χ2v) is 7.21. The van der Waals surface area contributed by atoms with Gasteiger partial charge in [0.05, 0.1) is 15.9 Å². The normalized spacial score (nSPS) is 20.6. The van der Waals surface area contributed by atoms with Gasteiger partial charge in [0.1, 0.15) is 16.7 Å². The van der Waals surface area contributed by atoms with Crippen LogP contribution >= 0.6 is 0 Å². The standard InChI is InChI=1S/C14H17NO3S/c1-9-14(2,3)12-11(19(16,17)18)7-6-10-5-4-8-15(9)13(10)12/h6-7H,4-5,8H2,1-3H3. The zero-order valence-corrected chi connectivity index (χ0v) is 12.2. The van der Waals surface area contributed by atoms with Crippen LogP contribution in [0.15, 0.2) is 17.0 Å². The van der Waals surface area contributed by atoms with Crippen molar-refractivity contribution in [3.8, 4) is 0 Å². The van der Waals surface area contributed by atoms with Crippen LogP contribution in [-0.2, 0) is 22.0 Å². The van der Waals surface area contributed by atoms with E-state index in [0.29, 0.717) is 5.56 Å². The fourth-order valence-corrected chi connectivity index (χ4v) is 4.17. The molecule has 2 aliphatic rings. The van der Waals surface area contributed by atoms with Crippen LogP contribution in [-0.4, -0.2) is 29.8 Å². The van der Waals surface area contributed by atoms with Crippen molar-refractivity contribution in [1.82, 2.24) is 0 Å². The zero-order chi connectivity index (χ0) is 14.0. The van der Waals surface area contributed by atoms with E-state index in [1.165, 1.54) is 6.07 Å². The molecule has 0 spiro atoms. The van der Waals surface area contributed by atoms with Gasteiger partial charge in [-0.15, -0.1) is 0 Å². The molecular formula is C14H17NO3S. The Morgan fingerprint density at radius 1 is 1.32 bits per heavy atom. The summed E-state index contributed by atoms with van der Waals surface area (Å²) in [6.07, 6.45) is 2.00. The fraction of sp³-hybridized carbons (Fsp3) is 0.500. The van der Waals surface area contributed by atoms with Gasteiger partial charge >= 0.3 is 0 Å². The largest absolute Gasteiger partial charge is 0.744 e. The lowest BCUT2D eigenvalue weighted by atomic mass is 9.81. The predicted octanol–water partition coefficient (Wildman–Crippen LogP) is 1.93. The van der Waals surface area contributed by atoms with E-state index in [9.17, 15) is 13.0 Å². The maximum Gasteiger partial charge on any atom is 0.213 e. The molecule has 0 N–H and O–H groups in total. The molecular weight excluding hydrogens is 262 g/mol. The molecule has 102 valence electrons. The summed E-state index contributed by atoms with van der Waals surface area (Å²) >= 11 is 0. The minimum absolute atomic E-state index is 0.0556. The van der Waals surface area contributed by atoms with Crippen LogP contribution in [0.2, 0.25) is 0 Å². The van der Waals surface area contributed by atoms with E-state index < -0.39 is 15.5 Å². The van der Waals surface area contributed by atoms with E-state index >= 15 is 0 Å². The van der Waals surface area contributed by atoms with Gasteiger partial charge in [0, 0.05) is 18.9 Å². The molecule has 3 rings (SSSR count). The summed E-state index contributed by atoms with van der Waals surface area (Å²) in [6, 6.07) is 3.28. The molecule has 0 aliphatic carbocycles. The summed E-state index contributed by atoms with van der Waals surface area (Å²) < 4.78 is 36.8. The van der Waals surface area contributed by atoms with Crippen molar-refractivity contribution in [2.45, 2.75) is 43.9 Å². The Bertz CT molecular complexity index is 714. The third-order valence-corrected chi connectivity index (χ3v) is 5.40. The fourth-order valence-electron chi connectivity index (χ4n) is 3.33. The Morgan fingerprint density at radius 3 is 2.63 bits per heavy atom. The van der Waals surface area contributed by atoms with E-state index in [2.05, 4.69) is 4.58 Å². The first-order chi connectivity index (χ1) is 8.74. The second-order valence-electron chi connectivity index (χ2n) is 5.87. The number of aryl methyl sites for hydroxylation is 1. The van der Waals surface area contributed by atoms with Crippen LogP contribution in [0.5, 0.6) is 0 Å². The van der Waals surface area contributed by atoms with Gasteiger partial charge in [-0.25, -0.2) is 8.42 Å².